The number of benzene rings is 1. The number of hydrogen-bond acceptors (Lipinski definition) is 4. The van der Waals surface area contributed by atoms with Gasteiger partial charge in [0.15, 0.2) is 11.5 Å². The maximum absolute atomic E-state index is 12.1. The number of hydrogen-bond donors (Lipinski definition) is 1. The molecule has 0 radical (unpaired) electrons. The zero-order valence-corrected chi connectivity index (χ0v) is 14.0. The van der Waals surface area contributed by atoms with E-state index in [1.807, 2.05) is 18.2 Å². The summed E-state index contributed by atoms with van der Waals surface area (Å²) in [5, 5.41) is 2.85. The Kier molecular flexibility index (Phi) is 5.77. The monoisotopic (exact) mass is 364 g/mol. The number of amides is 1. The molecule has 0 aliphatic carbocycles. The third-order valence-electron chi connectivity index (χ3n) is 3.10. The van der Waals surface area contributed by atoms with Gasteiger partial charge in [0.1, 0.15) is 0 Å². The summed E-state index contributed by atoms with van der Waals surface area (Å²) in [5.74, 6) is 1.13. The van der Waals surface area contributed by atoms with Crippen LogP contribution in [-0.2, 0) is 17.8 Å². The molecular formula is C16H17BrN2O3. The molecule has 0 spiro atoms. The summed E-state index contributed by atoms with van der Waals surface area (Å²) in [6.07, 6.45) is 1.94. The number of rotatable bonds is 6. The van der Waals surface area contributed by atoms with Crippen LogP contribution in [0.2, 0.25) is 0 Å². The van der Waals surface area contributed by atoms with Crippen LogP contribution in [-0.4, -0.2) is 25.1 Å². The van der Waals surface area contributed by atoms with E-state index in [0.29, 0.717) is 18.0 Å². The number of ether oxygens (including phenoxy) is 2. The van der Waals surface area contributed by atoms with Gasteiger partial charge in [0, 0.05) is 10.7 Å². The molecule has 1 heterocycles. The van der Waals surface area contributed by atoms with Gasteiger partial charge >= 0.3 is 0 Å². The molecule has 0 unspecified atom stereocenters. The van der Waals surface area contributed by atoms with Crippen molar-refractivity contribution in [1.29, 1.82) is 0 Å². The third kappa shape index (κ3) is 4.21. The Morgan fingerprint density at radius 1 is 1.23 bits per heavy atom. The van der Waals surface area contributed by atoms with Crippen LogP contribution in [0.15, 0.2) is 41.0 Å². The summed E-state index contributed by atoms with van der Waals surface area (Å²) in [6, 6.07) is 9.18. The number of carbonyl (C=O) groups is 1. The molecule has 0 aliphatic rings. The predicted octanol–water partition coefficient (Wildman–Crippen LogP) is 2.72. The van der Waals surface area contributed by atoms with Crippen molar-refractivity contribution in [2.45, 2.75) is 13.0 Å². The number of methoxy groups -OCH3 is 2. The van der Waals surface area contributed by atoms with Crippen LogP contribution in [0.1, 0.15) is 11.3 Å². The van der Waals surface area contributed by atoms with Crippen LogP contribution in [0.4, 0.5) is 0 Å². The van der Waals surface area contributed by atoms with Crippen LogP contribution in [0.25, 0.3) is 0 Å². The van der Waals surface area contributed by atoms with Crippen molar-refractivity contribution >= 4 is 21.8 Å². The Balaban J connectivity index is 2.02. The zero-order valence-electron chi connectivity index (χ0n) is 12.4. The first-order valence-corrected chi connectivity index (χ1v) is 7.50. The highest BCUT2D eigenvalue weighted by Gasteiger charge is 2.12. The van der Waals surface area contributed by atoms with E-state index in [0.717, 1.165) is 15.7 Å². The third-order valence-corrected chi connectivity index (χ3v) is 3.83. The fourth-order valence-corrected chi connectivity index (χ4v) is 2.42. The van der Waals surface area contributed by atoms with Crippen molar-refractivity contribution in [2.24, 2.45) is 0 Å². The molecule has 0 saturated carbocycles. The maximum Gasteiger partial charge on any atom is 0.224 e. The van der Waals surface area contributed by atoms with Gasteiger partial charge in [-0.25, -0.2) is 0 Å². The van der Waals surface area contributed by atoms with Gasteiger partial charge in [0.2, 0.25) is 5.91 Å². The molecule has 1 amide bonds. The van der Waals surface area contributed by atoms with Crippen LogP contribution in [0, 0.1) is 0 Å². The summed E-state index contributed by atoms with van der Waals surface area (Å²) in [6.45, 7) is 0.407. The van der Waals surface area contributed by atoms with Gasteiger partial charge in [-0.15, -0.1) is 0 Å². The minimum atomic E-state index is -0.0847. The van der Waals surface area contributed by atoms with E-state index in [4.69, 9.17) is 9.47 Å². The highest BCUT2D eigenvalue weighted by atomic mass is 79.9. The second-order valence-corrected chi connectivity index (χ2v) is 5.43. The van der Waals surface area contributed by atoms with Crippen LogP contribution >= 0.6 is 15.9 Å². The first kappa shape index (κ1) is 16.3. The highest BCUT2D eigenvalue weighted by molar-refractivity contribution is 9.10. The molecule has 5 nitrogen and oxygen atoms in total. The first-order valence-electron chi connectivity index (χ1n) is 6.71. The Bertz CT molecular complexity index is 647. The molecule has 2 rings (SSSR count). The zero-order chi connectivity index (χ0) is 15.9. The number of aromatic nitrogens is 1. The highest BCUT2D eigenvalue weighted by Crippen LogP contribution is 2.33. The van der Waals surface area contributed by atoms with Crippen LogP contribution in [0.3, 0.4) is 0 Å². The second-order valence-electron chi connectivity index (χ2n) is 4.57. The Morgan fingerprint density at radius 3 is 2.59 bits per heavy atom. The standard InChI is InChI=1S/C16H17BrN2O3/c1-21-14-7-11(13(17)9-15(14)22-2)8-16(20)19-10-12-5-3-4-6-18-12/h3-7,9H,8,10H2,1-2H3,(H,19,20). The Labute approximate surface area is 137 Å². The molecule has 1 N–H and O–H groups in total. The largest absolute Gasteiger partial charge is 0.493 e. The average molecular weight is 365 g/mol. The summed E-state index contributed by atoms with van der Waals surface area (Å²) in [5.41, 5.74) is 1.65. The smallest absolute Gasteiger partial charge is 0.224 e. The van der Waals surface area contributed by atoms with Gasteiger partial charge in [-0.2, -0.15) is 0 Å². The molecule has 22 heavy (non-hydrogen) atoms. The molecule has 0 atom stereocenters. The minimum Gasteiger partial charge on any atom is -0.493 e. The van der Waals surface area contributed by atoms with E-state index >= 15 is 0 Å². The molecule has 0 fully saturated rings. The van der Waals surface area contributed by atoms with Crippen LogP contribution < -0.4 is 14.8 Å². The van der Waals surface area contributed by atoms with E-state index in [1.54, 1.807) is 32.5 Å². The second kappa shape index (κ2) is 7.79. The SMILES string of the molecule is COc1cc(Br)c(CC(=O)NCc2ccccn2)cc1OC. The lowest BCUT2D eigenvalue weighted by atomic mass is 10.1. The van der Waals surface area contributed by atoms with E-state index in [1.165, 1.54) is 0 Å². The fraction of sp³-hybridized carbons (Fsp3) is 0.250. The topological polar surface area (TPSA) is 60.5 Å². The van der Waals surface area contributed by atoms with E-state index in [-0.39, 0.29) is 12.3 Å². The molecule has 1 aromatic heterocycles. The van der Waals surface area contributed by atoms with E-state index in [2.05, 4.69) is 26.2 Å². The first-order chi connectivity index (χ1) is 10.6. The molecule has 0 bridgehead atoms. The van der Waals surface area contributed by atoms with Crippen molar-refractivity contribution < 1.29 is 14.3 Å². The average Bonchev–Trinajstić information content (AvgIpc) is 2.55. The van der Waals surface area contributed by atoms with Gasteiger partial charge < -0.3 is 14.8 Å². The summed E-state index contributed by atoms with van der Waals surface area (Å²) >= 11 is 3.45. The number of nitrogens with one attached hydrogen (secondary N) is 1. The number of pyridine rings is 1. The van der Waals surface area contributed by atoms with Crippen molar-refractivity contribution in [3.63, 3.8) is 0 Å². The number of halogens is 1. The number of carbonyl (C=O) groups excluding carboxylic acids is 1. The molecule has 0 aliphatic heterocycles. The van der Waals surface area contributed by atoms with Crippen LogP contribution in [0.5, 0.6) is 11.5 Å². The predicted molar refractivity (Wildman–Crippen MR) is 87.0 cm³/mol. The van der Waals surface area contributed by atoms with Crippen molar-refractivity contribution in [1.82, 2.24) is 10.3 Å². The van der Waals surface area contributed by atoms with Gasteiger partial charge in [-0.3, -0.25) is 9.78 Å². The summed E-state index contributed by atoms with van der Waals surface area (Å²) < 4.78 is 11.3. The molecular weight excluding hydrogens is 348 g/mol. The van der Waals surface area contributed by atoms with Crippen molar-refractivity contribution in [2.75, 3.05) is 14.2 Å². The number of nitrogens with zero attached hydrogens (tertiary/aromatic N) is 1. The van der Waals surface area contributed by atoms with E-state index < -0.39 is 0 Å². The lowest BCUT2D eigenvalue weighted by Crippen LogP contribution is -2.25. The normalized spacial score (nSPS) is 10.1. The lowest BCUT2D eigenvalue weighted by Gasteiger charge is -2.12. The molecule has 2 aromatic rings. The van der Waals surface area contributed by atoms with Gasteiger partial charge in [0.25, 0.3) is 0 Å². The molecule has 1 aromatic carbocycles. The maximum atomic E-state index is 12.1. The van der Waals surface area contributed by atoms with Gasteiger partial charge in [0.05, 0.1) is 32.9 Å². The fourth-order valence-electron chi connectivity index (χ4n) is 1.96. The quantitative estimate of drug-likeness (QED) is 0.855. The van der Waals surface area contributed by atoms with Gasteiger partial charge in [-0.05, 0) is 29.8 Å². The Morgan fingerprint density at radius 2 is 1.95 bits per heavy atom. The van der Waals surface area contributed by atoms with Gasteiger partial charge in [-0.1, -0.05) is 22.0 Å². The van der Waals surface area contributed by atoms with Crippen molar-refractivity contribution in [3.05, 3.63) is 52.3 Å². The Hall–Kier alpha value is -2.08. The summed E-state index contributed by atoms with van der Waals surface area (Å²) in [7, 11) is 3.14. The lowest BCUT2D eigenvalue weighted by molar-refractivity contribution is -0.120. The van der Waals surface area contributed by atoms with Crippen molar-refractivity contribution in [3.8, 4) is 11.5 Å². The molecule has 0 saturated heterocycles. The molecule has 116 valence electrons. The minimum absolute atomic E-state index is 0.0847. The van der Waals surface area contributed by atoms with E-state index in [9.17, 15) is 4.79 Å². The molecule has 6 heteroatoms. The summed E-state index contributed by atoms with van der Waals surface area (Å²) in [4.78, 5) is 16.2.